The molecule has 0 spiro atoms. The molecule has 0 aliphatic rings. The molecule has 6 nitrogen and oxygen atoms in total. The van der Waals surface area contributed by atoms with Crippen LogP contribution in [-0.2, 0) is 9.59 Å². The maximum atomic E-state index is 13.1. The zero-order chi connectivity index (χ0) is 27.8. The molecule has 0 radical (unpaired) electrons. The number of benzene rings is 3. The molecular weight excluding hydrogens is 573 g/mol. The van der Waals surface area contributed by atoms with Gasteiger partial charge in [0.25, 0.3) is 11.8 Å². The smallest absolute Gasteiger partial charge is 0.272 e. The monoisotopic (exact) mass is 595 g/mol. The minimum absolute atomic E-state index is 0.121. The molecule has 39 heavy (non-hydrogen) atoms. The third kappa shape index (κ3) is 8.46. The predicted octanol–water partition coefficient (Wildman–Crippen LogP) is 7.58. The molecule has 3 N–H and O–H groups in total. The normalized spacial score (nSPS) is 11.9. The fourth-order valence-corrected chi connectivity index (χ4v) is 5.45. The molecule has 0 saturated heterocycles. The molecule has 4 aromatic rings. The van der Waals surface area contributed by atoms with Crippen molar-refractivity contribution < 1.29 is 14.4 Å². The number of anilines is 2. The fourth-order valence-electron chi connectivity index (χ4n) is 3.40. The Morgan fingerprint density at radius 1 is 0.846 bits per heavy atom. The fraction of sp³-hybridized carbons (Fsp3) is 0.0690. The van der Waals surface area contributed by atoms with Gasteiger partial charge in [-0.3, -0.25) is 14.4 Å². The zero-order valence-corrected chi connectivity index (χ0v) is 23.8. The second kappa shape index (κ2) is 13.5. The molecule has 0 aliphatic heterocycles. The van der Waals surface area contributed by atoms with E-state index in [1.54, 1.807) is 67.6 Å². The number of hydrogen-bond acceptors (Lipinski definition) is 5. The van der Waals surface area contributed by atoms with Gasteiger partial charge in [0, 0.05) is 36.8 Å². The van der Waals surface area contributed by atoms with Crippen molar-refractivity contribution in [2.24, 2.45) is 0 Å². The van der Waals surface area contributed by atoms with Gasteiger partial charge in [-0.2, -0.15) is 0 Å². The number of carbonyl (C=O) groups excluding carboxylic acids is 3. The Morgan fingerprint density at radius 3 is 2.18 bits per heavy atom. The lowest BCUT2D eigenvalue weighted by Crippen LogP contribution is -2.30. The summed E-state index contributed by atoms with van der Waals surface area (Å²) in [5.74, 6) is -1.04. The highest BCUT2D eigenvalue weighted by Crippen LogP contribution is 2.27. The van der Waals surface area contributed by atoms with Crippen LogP contribution in [0, 0.1) is 0 Å². The van der Waals surface area contributed by atoms with E-state index in [9.17, 15) is 14.4 Å². The van der Waals surface area contributed by atoms with E-state index in [1.165, 1.54) is 23.1 Å². The van der Waals surface area contributed by atoms with Gasteiger partial charge in [0.05, 0.1) is 5.25 Å². The molecule has 0 fully saturated rings. The molecule has 3 aromatic carbocycles. The van der Waals surface area contributed by atoms with E-state index < -0.39 is 11.2 Å². The third-order valence-electron chi connectivity index (χ3n) is 5.28. The van der Waals surface area contributed by atoms with Crippen molar-refractivity contribution in [2.75, 3.05) is 10.6 Å². The first-order chi connectivity index (χ1) is 18.8. The number of hydrogen-bond donors (Lipinski definition) is 3. The standard InChI is InChI=1S/C29H23Cl2N3O3S2/c1-18(27(35)33-23-15-20(30)14-21(31)16-23)39-24-11-9-22(10-12-24)32-29(37)26(17-25-8-5-13-38-25)34-28(36)19-6-3-2-4-7-19/h2-18H,1H3,(H,32,37)(H,33,35)(H,34,36)/b26-17-. The summed E-state index contributed by atoms with van der Waals surface area (Å²) in [6.45, 7) is 1.79. The average Bonchev–Trinajstić information content (AvgIpc) is 3.42. The van der Waals surface area contributed by atoms with Crippen molar-refractivity contribution in [3.8, 4) is 0 Å². The maximum absolute atomic E-state index is 13.1. The van der Waals surface area contributed by atoms with E-state index in [4.69, 9.17) is 23.2 Å². The number of nitrogens with one attached hydrogen (secondary N) is 3. The van der Waals surface area contributed by atoms with Gasteiger partial charge in [0.2, 0.25) is 5.91 Å². The topological polar surface area (TPSA) is 87.3 Å². The van der Waals surface area contributed by atoms with Crippen molar-refractivity contribution in [1.29, 1.82) is 0 Å². The van der Waals surface area contributed by atoms with Gasteiger partial charge in [0.15, 0.2) is 0 Å². The molecule has 1 unspecified atom stereocenters. The molecular formula is C29H23Cl2N3O3S2. The molecule has 0 bridgehead atoms. The molecule has 10 heteroatoms. The van der Waals surface area contributed by atoms with Crippen LogP contribution in [0.4, 0.5) is 11.4 Å². The molecule has 3 amide bonds. The highest BCUT2D eigenvalue weighted by atomic mass is 35.5. The van der Waals surface area contributed by atoms with Crippen LogP contribution in [0.1, 0.15) is 22.2 Å². The summed E-state index contributed by atoms with van der Waals surface area (Å²) in [6.07, 6.45) is 1.64. The third-order valence-corrected chi connectivity index (χ3v) is 7.65. The summed E-state index contributed by atoms with van der Waals surface area (Å²) in [5.41, 5.74) is 1.63. The van der Waals surface area contributed by atoms with Gasteiger partial charge < -0.3 is 16.0 Å². The van der Waals surface area contributed by atoms with Crippen LogP contribution in [0.5, 0.6) is 0 Å². The van der Waals surface area contributed by atoms with Gasteiger partial charge in [0.1, 0.15) is 5.70 Å². The van der Waals surface area contributed by atoms with Gasteiger partial charge in [-0.25, -0.2) is 0 Å². The summed E-state index contributed by atoms with van der Waals surface area (Å²) in [6, 6.07) is 24.4. The summed E-state index contributed by atoms with van der Waals surface area (Å²) < 4.78 is 0. The number of thioether (sulfide) groups is 1. The summed E-state index contributed by atoms with van der Waals surface area (Å²) in [7, 11) is 0. The number of amides is 3. The Bertz CT molecular complexity index is 1470. The van der Waals surface area contributed by atoms with Crippen LogP contribution in [0.25, 0.3) is 6.08 Å². The minimum atomic E-state index is -0.457. The van der Waals surface area contributed by atoms with E-state index in [0.29, 0.717) is 27.0 Å². The Kier molecular flexibility index (Phi) is 9.84. The number of carbonyl (C=O) groups is 3. The number of rotatable bonds is 9. The van der Waals surface area contributed by atoms with Gasteiger partial charge in [-0.05, 0) is 79.0 Å². The molecule has 0 saturated carbocycles. The van der Waals surface area contributed by atoms with E-state index >= 15 is 0 Å². The Labute approximate surface area is 244 Å². The predicted molar refractivity (Wildman–Crippen MR) is 162 cm³/mol. The van der Waals surface area contributed by atoms with Crippen LogP contribution >= 0.6 is 46.3 Å². The lowest BCUT2D eigenvalue weighted by molar-refractivity contribution is -0.115. The number of thiophene rings is 1. The van der Waals surface area contributed by atoms with Crippen molar-refractivity contribution in [3.63, 3.8) is 0 Å². The van der Waals surface area contributed by atoms with E-state index in [-0.39, 0.29) is 17.5 Å². The quantitative estimate of drug-likeness (QED) is 0.137. The summed E-state index contributed by atoms with van der Waals surface area (Å²) in [5, 5.41) is 10.7. The van der Waals surface area contributed by atoms with Gasteiger partial charge >= 0.3 is 0 Å². The molecule has 1 aromatic heterocycles. The number of halogens is 2. The molecule has 1 atom stereocenters. The Hall–Kier alpha value is -3.56. The van der Waals surface area contributed by atoms with Crippen molar-refractivity contribution in [1.82, 2.24) is 5.32 Å². The second-order valence-corrected chi connectivity index (χ2v) is 11.5. The lowest BCUT2D eigenvalue weighted by atomic mass is 10.2. The highest BCUT2D eigenvalue weighted by molar-refractivity contribution is 8.00. The van der Waals surface area contributed by atoms with Crippen LogP contribution in [0.3, 0.4) is 0 Å². The van der Waals surface area contributed by atoms with Crippen LogP contribution in [0.2, 0.25) is 10.0 Å². The van der Waals surface area contributed by atoms with E-state index in [0.717, 1.165) is 9.77 Å². The first kappa shape index (κ1) is 28.4. The summed E-state index contributed by atoms with van der Waals surface area (Å²) >= 11 is 14.8. The molecule has 0 aliphatic carbocycles. The Morgan fingerprint density at radius 2 is 1.54 bits per heavy atom. The van der Waals surface area contributed by atoms with Crippen molar-refractivity contribution in [3.05, 3.63) is 116 Å². The van der Waals surface area contributed by atoms with Crippen LogP contribution in [-0.4, -0.2) is 23.0 Å². The summed E-state index contributed by atoms with van der Waals surface area (Å²) in [4.78, 5) is 40.1. The molecule has 1 heterocycles. The van der Waals surface area contributed by atoms with Crippen molar-refractivity contribution >= 4 is 81.5 Å². The van der Waals surface area contributed by atoms with Gasteiger partial charge in [-0.15, -0.1) is 23.1 Å². The van der Waals surface area contributed by atoms with Gasteiger partial charge in [-0.1, -0.05) is 47.5 Å². The second-order valence-electron chi connectivity index (χ2n) is 8.28. The van der Waals surface area contributed by atoms with E-state index in [2.05, 4.69) is 16.0 Å². The lowest BCUT2D eigenvalue weighted by Gasteiger charge is -2.14. The van der Waals surface area contributed by atoms with E-state index in [1.807, 2.05) is 35.7 Å². The largest absolute Gasteiger partial charge is 0.325 e. The van der Waals surface area contributed by atoms with Crippen molar-refractivity contribution in [2.45, 2.75) is 17.1 Å². The highest BCUT2D eigenvalue weighted by Gasteiger charge is 2.17. The van der Waals surface area contributed by atoms with Crippen LogP contribution in [0.15, 0.2) is 101 Å². The maximum Gasteiger partial charge on any atom is 0.272 e. The first-order valence-electron chi connectivity index (χ1n) is 11.7. The minimum Gasteiger partial charge on any atom is -0.325 e. The van der Waals surface area contributed by atoms with Crippen LogP contribution < -0.4 is 16.0 Å². The zero-order valence-electron chi connectivity index (χ0n) is 20.6. The first-order valence-corrected chi connectivity index (χ1v) is 14.2. The SMILES string of the molecule is CC(Sc1ccc(NC(=O)/C(=C/c2cccs2)NC(=O)c2ccccc2)cc1)C(=O)Nc1cc(Cl)cc(Cl)c1. The molecule has 4 rings (SSSR count). The Balaban J connectivity index is 1.39. The molecule has 198 valence electrons. The average molecular weight is 597 g/mol.